The third-order valence-corrected chi connectivity index (χ3v) is 4.92. The van der Waals surface area contributed by atoms with Gasteiger partial charge >= 0.3 is 12.1 Å². The summed E-state index contributed by atoms with van der Waals surface area (Å²) in [4.78, 5) is 31.0. The lowest BCUT2D eigenvalue weighted by Gasteiger charge is -2.35. The Balaban J connectivity index is 1.69. The molecule has 0 radical (unpaired) electrons. The molecule has 0 aliphatic carbocycles. The van der Waals surface area contributed by atoms with Crippen LogP contribution in [0.3, 0.4) is 0 Å². The summed E-state index contributed by atoms with van der Waals surface area (Å²) in [5.74, 6) is 0. The zero-order chi connectivity index (χ0) is 22.1. The number of fused-ring (bicyclic) bond motifs is 1. The molecular weight excluding hydrogens is 384 g/mol. The van der Waals surface area contributed by atoms with Crippen LogP contribution in [0.25, 0.3) is 10.8 Å². The highest BCUT2D eigenvalue weighted by molar-refractivity contribution is 6.01. The highest BCUT2D eigenvalue weighted by Crippen LogP contribution is 2.33. The Morgan fingerprint density at radius 3 is 2.70 bits per heavy atom. The fraction of sp³-hybridized carbons (Fsp3) is 0.500. The van der Waals surface area contributed by atoms with Crippen LogP contribution >= 0.6 is 0 Å². The largest absolute Gasteiger partial charge is 0.444 e. The van der Waals surface area contributed by atoms with Crippen LogP contribution in [-0.4, -0.2) is 52.0 Å². The number of amides is 3. The summed E-state index contributed by atoms with van der Waals surface area (Å²) in [5, 5.41) is 7.57. The monoisotopic (exact) mass is 414 g/mol. The van der Waals surface area contributed by atoms with Crippen molar-refractivity contribution >= 4 is 28.6 Å². The lowest BCUT2D eigenvalue weighted by atomic mass is 10.1. The van der Waals surface area contributed by atoms with Gasteiger partial charge < -0.3 is 20.1 Å². The van der Waals surface area contributed by atoms with E-state index in [2.05, 4.69) is 15.6 Å². The molecule has 0 spiro atoms. The molecule has 1 fully saturated rings. The molecule has 30 heavy (non-hydrogen) atoms. The summed E-state index contributed by atoms with van der Waals surface area (Å²) in [6.45, 7) is 11.2. The molecule has 1 aliphatic heterocycles. The van der Waals surface area contributed by atoms with E-state index in [0.29, 0.717) is 5.69 Å². The quantitative estimate of drug-likeness (QED) is 0.788. The van der Waals surface area contributed by atoms with Crippen molar-refractivity contribution < 1.29 is 19.1 Å². The molecule has 3 rings (SSSR count). The van der Waals surface area contributed by atoms with E-state index in [1.165, 1.54) is 0 Å². The Morgan fingerprint density at radius 1 is 1.27 bits per heavy atom. The Hall–Kier alpha value is -2.87. The maximum atomic E-state index is 12.8. The fourth-order valence-corrected chi connectivity index (χ4v) is 3.72. The lowest BCUT2D eigenvalue weighted by Crippen LogP contribution is -2.53. The molecule has 1 aromatic heterocycles. The summed E-state index contributed by atoms with van der Waals surface area (Å²) in [6, 6.07) is 6.75. The number of hydrogen-bond donors (Lipinski definition) is 2. The molecule has 1 saturated heterocycles. The predicted octanol–water partition coefficient (Wildman–Crippen LogP) is 4.12. The molecule has 2 N–H and O–H groups in total. The normalized spacial score (nSPS) is 20.8. The number of carbonyl (C=O) groups excluding carboxylic acids is 2. The van der Waals surface area contributed by atoms with Crippen LogP contribution in [0.15, 0.2) is 36.7 Å². The van der Waals surface area contributed by atoms with Crippen molar-refractivity contribution in [3.63, 3.8) is 0 Å². The first-order chi connectivity index (χ1) is 14.0. The average Bonchev–Trinajstić information content (AvgIpc) is 2.86. The third kappa shape index (κ3) is 4.81. The Morgan fingerprint density at radius 2 is 2.00 bits per heavy atom. The molecule has 2 atom stereocenters. The van der Waals surface area contributed by atoms with Crippen molar-refractivity contribution in [1.82, 2.24) is 15.2 Å². The van der Waals surface area contributed by atoms with Crippen molar-refractivity contribution in [2.45, 2.75) is 65.0 Å². The minimum absolute atomic E-state index is 0.224. The van der Waals surface area contributed by atoms with Gasteiger partial charge in [-0.05, 0) is 53.7 Å². The zero-order valence-electron chi connectivity index (χ0n) is 18.4. The van der Waals surface area contributed by atoms with Crippen LogP contribution in [0.4, 0.5) is 15.3 Å². The summed E-state index contributed by atoms with van der Waals surface area (Å²) < 4.78 is 11.5. The van der Waals surface area contributed by atoms with Gasteiger partial charge in [-0.25, -0.2) is 9.59 Å². The summed E-state index contributed by atoms with van der Waals surface area (Å²) in [6.07, 6.45) is 2.70. The zero-order valence-corrected chi connectivity index (χ0v) is 18.4. The van der Waals surface area contributed by atoms with Gasteiger partial charge in [0.2, 0.25) is 0 Å². The molecule has 0 unspecified atom stereocenters. The molecular formula is C22H30N4O4. The van der Waals surface area contributed by atoms with Crippen molar-refractivity contribution in [3.05, 3.63) is 36.7 Å². The predicted molar refractivity (Wildman–Crippen MR) is 115 cm³/mol. The van der Waals surface area contributed by atoms with Crippen molar-refractivity contribution in [2.75, 3.05) is 11.9 Å². The number of hydrogen-bond acceptors (Lipinski definition) is 5. The number of aromatic nitrogens is 1. The van der Waals surface area contributed by atoms with E-state index < -0.39 is 17.4 Å². The SMILES string of the molecule is C[C@H]1OC(C)(C)N(C(=O)OC(C)(C)C)[C@H]1CNC(=O)Nc1cccc2cnccc12. The van der Waals surface area contributed by atoms with Gasteiger partial charge in [0.05, 0.1) is 17.8 Å². The van der Waals surface area contributed by atoms with Gasteiger partial charge in [0, 0.05) is 29.7 Å². The first-order valence-corrected chi connectivity index (χ1v) is 10.1. The number of nitrogens with one attached hydrogen (secondary N) is 2. The Bertz CT molecular complexity index is 933. The first kappa shape index (κ1) is 21.8. The number of anilines is 1. The maximum Gasteiger partial charge on any atom is 0.412 e. The topological polar surface area (TPSA) is 92.8 Å². The minimum Gasteiger partial charge on any atom is -0.444 e. The van der Waals surface area contributed by atoms with E-state index in [9.17, 15) is 9.59 Å². The molecule has 0 bridgehead atoms. The summed E-state index contributed by atoms with van der Waals surface area (Å²) >= 11 is 0. The van der Waals surface area contributed by atoms with Crippen molar-refractivity contribution in [3.8, 4) is 0 Å². The van der Waals surface area contributed by atoms with E-state index in [1.807, 2.05) is 65.8 Å². The van der Waals surface area contributed by atoms with E-state index in [1.54, 1.807) is 17.3 Å². The van der Waals surface area contributed by atoms with Gasteiger partial charge in [0.25, 0.3) is 0 Å². The second-order valence-electron chi connectivity index (χ2n) is 8.92. The van der Waals surface area contributed by atoms with Crippen molar-refractivity contribution in [1.29, 1.82) is 0 Å². The molecule has 3 amide bonds. The van der Waals surface area contributed by atoms with Crippen molar-refractivity contribution in [2.24, 2.45) is 0 Å². The second kappa shape index (κ2) is 8.10. The third-order valence-electron chi connectivity index (χ3n) is 4.92. The number of pyridine rings is 1. The van der Waals surface area contributed by atoms with Gasteiger partial charge in [-0.3, -0.25) is 9.88 Å². The van der Waals surface area contributed by atoms with Crippen LogP contribution in [0.1, 0.15) is 41.5 Å². The molecule has 1 aromatic carbocycles. The van der Waals surface area contributed by atoms with Crippen LogP contribution in [0, 0.1) is 0 Å². The smallest absolute Gasteiger partial charge is 0.412 e. The van der Waals surface area contributed by atoms with E-state index >= 15 is 0 Å². The Labute approximate surface area is 176 Å². The van der Waals surface area contributed by atoms with Crippen LogP contribution in [-0.2, 0) is 9.47 Å². The molecule has 1 aliphatic rings. The number of carbonyl (C=O) groups is 2. The van der Waals surface area contributed by atoms with E-state index in [-0.39, 0.29) is 24.7 Å². The number of urea groups is 1. The lowest BCUT2D eigenvalue weighted by molar-refractivity contribution is -0.0756. The van der Waals surface area contributed by atoms with E-state index in [0.717, 1.165) is 10.8 Å². The number of nitrogens with zero attached hydrogens (tertiary/aromatic N) is 2. The molecule has 162 valence electrons. The maximum absolute atomic E-state index is 12.8. The highest BCUT2D eigenvalue weighted by Gasteiger charge is 2.49. The standard InChI is InChI=1S/C22H30N4O4/c1-14-18(26(22(5,6)29-14)20(28)30-21(2,3)4)13-24-19(27)25-17-9-7-8-15-12-23-11-10-16(15)17/h7-12,14,18H,13H2,1-6H3,(H2,24,25,27)/t14-,18+/m1/s1. The number of benzene rings is 1. The van der Waals surface area contributed by atoms with Crippen LogP contribution in [0.2, 0.25) is 0 Å². The fourth-order valence-electron chi connectivity index (χ4n) is 3.72. The van der Waals surface area contributed by atoms with Crippen LogP contribution in [0.5, 0.6) is 0 Å². The molecule has 8 nitrogen and oxygen atoms in total. The van der Waals surface area contributed by atoms with Gasteiger partial charge in [-0.15, -0.1) is 0 Å². The number of ether oxygens (including phenoxy) is 2. The molecule has 2 aromatic rings. The molecule has 2 heterocycles. The molecule has 8 heteroatoms. The summed E-state index contributed by atoms with van der Waals surface area (Å²) in [7, 11) is 0. The summed E-state index contributed by atoms with van der Waals surface area (Å²) in [5.41, 5.74) is -0.780. The first-order valence-electron chi connectivity index (χ1n) is 10.1. The minimum atomic E-state index is -0.840. The Kier molecular flexibility index (Phi) is 5.90. The number of rotatable bonds is 3. The van der Waals surface area contributed by atoms with E-state index in [4.69, 9.17) is 9.47 Å². The van der Waals surface area contributed by atoms with Gasteiger partial charge in [0.15, 0.2) is 0 Å². The molecule has 0 saturated carbocycles. The second-order valence-corrected chi connectivity index (χ2v) is 8.92. The highest BCUT2D eigenvalue weighted by atomic mass is 16.6. The van der Waals surface area contributed by atoms with Gasteiger partial charge in [0.1, 0.15) is 11.3 Å². The van der Waals surface area contributed by atoms with Gasteiger partial charge in [-0.1, -0.05) is 12.1 Å². The van der Waals surface area contributed by atoms with Gasteiger partial charge in [-0.2, -0.15) is 0 Å². The average molecular weight is 415 g/mol. The van der Waals surface area contributed by atoms with Crippen LogP contribution < -0.4 is 10.6 Å².